The molecule has 14 heteroatoms. The molecule has 1 N–H and O–H groups in total. The second-order valence-corrected chi connectivity index (χ2v) is 12.3. The number of amides is 2. The maximum absolute atomic E-state index is 14.1. The van der Waals surface area contributed by atoms with E-state index in [0.717, 1.165) is 16.5 Å². The number of halogens is 6. The summed E-state index contributed by atoms with van der Waals surface area (Å²) in [6.45, 7) is -0.452. The van der Waals surface area contributed by atoms with Gasteiger partial charge in [0.25, 0.3) is 11.1 Å². The Morgan fingerprint density at radius 3 is 2.18 bits per heavy atom. The topological polar surface area (TPSA) is 88.8 Å². The van der Waals surface area contributed by atoms with E-state index in [-0.39, 0.29) is 35.4 Å². The first-order valence-corrected chi connectivity index (χ1v) is 15.6. The molecule has 1 aliphatic heterocycles. The lowest BCUT2D eigenvalue weighted by atomic mass is 10.0. The monoisotopic (exact) mass is 710 g/mol. The molecule has 0 unspecified atom stereocenters. The molecule has 0 atom stereocenters. The number of carboxylic acid groups (broad SMARTS) is 1. The number of rotatable bonds is 9. The highest BCUT2D eigenvalue weighted by Gasteiger charge is 2.39. The average Bonchev–Trinajstić information content (AvgIpc) is 3.54. The molecular weight excluding hydrogens is 686 g/mol. The third kappa shape index (κ3) is 7.39. The lowest BCUT2D eigenvalue weighted by Gasteiger charge is -2.18. The van der Waals surface area contributed by atoms with Crippen LogP contribution in [0.4, 0.5) is 31.1 Å². The van der Waals surface area contributed by atoms with Crippen LogP contribution in [0.1, 0.15) is 43.9 Å². The summed E-state index contributed by atoms with van der Waals surface area (Å²) in [6.07, 6.45) is -8.76. The van der Waals surface area contributed by atoms with Gasteiger partial charge in [-0.15, -0.1) is 0 Å². The minimum atomic E-state index is -5.11. The zero-order valence-corrected chi connectivity index (χ0v) is 26.4. The van der Waals surface area contributed by atoms with Crippen molar-refractivity contribution in [1.29, 1.82) is 0 Å². The lowest BCUT2D eigenvalue weighted by Crippen LogP contribution is -2.27. The van der Waals surface area contributed by atoms with E-state index in [9.17, 15) is 40.7 Å². The Morgan fingerprint density at radius 2 is 1.52 bits per heavy atom. The van der Waals surface area contributed by atoms with E-state index >= 15 is 0 Å². The Morgan fingerprint density at radius 1 is 0.800 bits per heavy atom. The first kappa shape index (κ1) is 34.4. The van der Waals surface area contributed by atoms with Crippen LogP contribution in [0.5, 0.6) is 5.75 Å². The molecule has 50 heavy (non-hydrogen) atoms. The molecule has 1 aliphatic rings. The second-order valence-electron chi connectivity index (χ2n) is 11.3. The number of hydrogen-bond donors (Lipinski definition) is 1. The van der Waals surface area contributed by atoms with E-state index in [1.807, 2.05) is 30.3 Å². The number of aromatic carboxylic acids is 1. The Bertz CT molecular complexity index is 2140. The molecule has 4 aromatic carbocycles. The summed E-state index contributed by atoms with van der Waals surface area (Å²) in [7, 11) is 0. The summed E-state index contributed by atoms with van der Waals surface area (Å²) in [6, 6.07) is 22.8. The van der Waals surface area contributed by atoms with Crippen molar-refractivity contribution in [1.82, 2.24) is 9.47 Å². The smallest absolute Gasteiger partial charge is 0.416 e. The fourth-order valence-electron chi connectivity index (χ4n) is 5.43. The molecule has 7 nitrogen and oxygen atoms in total. The summed E-state index contributed by atoms with van der Waals surface area (Å²) in [5, 5.41) is 9.02. The van der Waals surface area contributed by atoms with Gasteiger partial charge in [0.05, 0.1) is 28.1 Å². The highest BCUT2D eigenvalue weighted by Crippen LogP contribution is 2.39. The number of ether oxygens (including phenoxy) is 1. The molecule has 0 spiro atoms. The lowest BCUT2D eigenvalue weighted by molar-refractivity contribution is -0.143. The van der Waals surface area contributed by atoms with Crippen molar-refractivity contribution in [3.8, 4) is 5.75 Å². The Hall–Kier alpha value is -5.50. The van der Waals surface area contributed by atoms with Crippen molar-refractivity contribution >= 4 is 45.9 Å². The Labute approximate surface area is 284 Å². The number of hydrogen-bond acceptors (Lipinski definition) is 5. The Balaban J connectivity index is 1.38. The molecule has 1 fully saturated rings. The molecular formula is C36H24F6N2O5S. The van der Waals surface area contributed by atoms with Crippen molar-refractivity contribution in [3.63, 3.8) is 0 Å². The summed E-state index contributed by atoms with van der Waals surface area (Å²) < 4.78 is 89.8. The van der Waals surface area contributed by atoms with Crippen molar-refractivity contribution < 1.29 is 50.6 Å². The van der Waals surface area contributed by atoms with Crippen LogP contribution in [0.3, 0.4) is 0 Å². The van der Waals surface area contributed by atoms with Gasteiger partial charge in [0.15, 0.2) is 0 Å². The molecule has 256 valence electrons. The maximum atomic E-state index is 14.1. The number of benzene rings is 4. The van der Waals surface area contributed by atoms with Crippen LogP contribution in [0.25, 0.3) is 17.0 Å². The number of thioether (sulfide) groups is 1. The number of carbonyl (C=O) groups excluding carboxylic acids is 2. The van der Waals surface area contributed by atoms with Gasteiger partial charge in [-0.1, -0.05) is 48.5 Å². The molecule has 1 saturated heterocycles. The average molecular weight is 711 g/mol. The quantitative estimate of drug-likeness (QED) is 0.121. The van der Waals surface area contributed by atoms with Gasteiger partial charge in [0, 0.05) is 23.1 Å². The molecule has 6 rings (SSSR count). The van der Waals surface area contributed by atoms with E-state index in [1.165, 1.54) is 34.9 Å². The predicted molar refractivity (Wildman–Crippen MR) is 173 cm³/mol. The van der Waals surface area contributed by atoms with Crippen molar-refractivity contribution in [2.75, 3.05) is 0 Å². The van der Waals surface area contributed by atoms with Crippen LogP contribution < -0.4 is 4.74 Å². The summed E-state index contributed by atoms with van der Waals surface area (Å²) in [4.78, 5) is 38.4. The van der Waals surface area contributed by atoms with Gasteiger partial charge < -0.3 is 14.4 Å². The van der Waals surface area contributed by atoms with Gasteiger partial charge >= 0.3 is 18.3 Å². The molecule has 1 aromatic heterocycles. The standard InChI is InChI=1S/C36H24F6N2O5S/c37-35(38,39)26-11-10-24(29(16-26)36(40,41)42)19-43-27(14-25-15-28(12-13-30(25)43)49-20-22-4-2-1-3-5-22)17-31-32(45)44(34(48)50-31)18-21-6-8-23(9-7-21)33(46)47/h1-17H,18-20H2,(H,46,47)/b31-17+. The third-order valence-corrected chi connectivity index (χ3v) is 8.83. The normalized spacial score (nSPS) is 14.6. The van der Waals surface area contributed by atoms with Crippen LogP contribution in [0, 0.1) is 0 Å². The molecule has 0 bridgehead atoms. The maximum Gasteiger partial charge on any atom is 0.416 e. The number of imide groups is 1. The van der Waals surface area contributed by atoms with Gasteiger partial charge in [-0.25, -0.2) is 4.79 Å². The largest absolute Gasteiger partial charge is 0.489 e. The number of aromatic nitrogens is 1. The van der Waals surface area contributed by atoms with Crippen molar-refractivity contribution in [2.24, 2.45) is 0 Å². The Kier molecular flexibility index (Phi) is 9.23. The minimum absolute atomic E-state index is 0.0194. The van der Waals surface area contributed by atoms with Gasteiger partial charge in [-0.05, 0) is 83.1 Å². The van der Waals surface area contributed by atoms with E-state index in [4.69, 9.17) is 9.84 Å². The first-order valence-electron chi connectivity index (χ1n) is 14.8. The fourth-order valence-corrected chi connectivity index (χ4v) is 6.25. The van der Waals surface area contributed by atoms with Crippen LogP contribution in [0.15, 0.2) is 102 Å². The van der Waals surface area contributed by atoms with Crippen LogP contribution >= 0.6 is 11.8 Å². The van der Waals surface area contributed by atoms with E-state index < -0.39 is 52.7 Å². The van der Waals surface area contributed by atoms with E-state index in [1.54, 1.807) is 24.3 Å². The first-order chi connectivity index (χ1) is 23.7. The SMILES string of the molecule is O=C(O)c1ccc(CN2C(=O)S/C(=C/c3cc4cc(OCc5ccccc5)ccc4n3Cc3ccc(C(F)(F)F)cc3C(F)(F)F)C2=O)cc1. The van der Waals surface area contributed by atoms with E-state index in [2.05, 4.69) is 0 Å². The minimum Gasteiger partial charge on any atom is -0.489 e. The van der Waals surface area contributed by atoms with Crippen LogP contribution in [-0.4, -0.2) is 31.7 Å². The number of alkyl halides is 6. The van der Waals surface area contributed by atoms with Gasteiger partial charge in [-0.3, -0.25) is 14.5 Å². The van der Waals surface area contributed by atoms with Gasteiger partial charge in [-0.2, -0.15) is 26.3 Å². The molecule has 2 heterocycles. The van der Waals surface area contributed by atoms with Crippen molar-refractivity contribution in [2.45, 2.75) is 32.0 Å². The number of fused-ring (bicyclic) bond motifs is 1. The summed E-state index contributed by atoms with van der Waals surface area (Å²) >= 11 is 0.611. The molecule has 2 amide bonds. The number of nitrogens with zero attached hydrogens (tertiary/aromatic N) is 2. The molecule has 0 saturated carbocycles. The van der Waals surface area contributed by atoms with Gasteiger partial charge in [0.2, 0.25) is 0 Å². The fraction of sp³-hybridized carbons (Fsp3) is 0.139. The van der Waals surface area contributed by atoms with Crippen LogP contribution in [0.2, 0.25) is 0 Å². The summed E-state index contributed by atoms with van der Waals surface area (Å²) in [5.41, 5.74) is -1.35. The zero-order valence-electron chi connectivity index (χ0n) is 25.6. The predicted octanol–water partition coefficient (Wildman–Crippen LogP) is 9.24. The van der Waals surface area contributed by atoms with E-state index in [0.29, 0.717) is 40.0 Å². The third-order valence-electron chi connectivity index (χ3n) is 7.92. The number of carboxylic acids is 1. The highest BCUT2D eigenvalue weighted by molar-refractivity contribution is 8.18. The van der Waals surface area contributed by atoms with Crippen LogP contribution in [-0.2, 0) is 36.8 Å². The van der Waals surface area contributed by atoms with Crippen molar-refractivity contribution in [3.05, 3.63) is 141 Å². The second kappa shape index (κ2) is 13.4. The van der Waals surface area contributed by atoms with Gasteiger partial charge in [0.1, 0.15) is 12.4 Å². The number of carbonyl (C=O) groups is 3. The molecule has 0 radical (unpaired) electrons. The molecule has 0 aliphatic carbocycles. The molecule has 5 aromatic rings. The highest BCUT2D eigenvalue weighted by atomic mass is 32.2. The zero-order chi connectivity index (χ0) is 35.8. The summed E-state index contributed by atoms with van der Waals surface area (Å²) in [5.74, 6) is -1.39.